The van der Waals surface area contributed by atoms with Crippen LogP contribution in [0.5, 0.6) is 11.5 Å². The molecule has 3 aromatic carbocycles. The van der Waals surface area contributed by atoms with Gasteiger partial charge in [-0.05, 0) is 90.0 Å². The van der Waals surface area contributed by atoms with Crippen molar-refractivity contribution in [2.45, 2.75) is 26.5 Å². The van der Waals surface area contributed by atoms with E-state index in [1.165, 1.54) is 11.3 Å². The first kappa shape index (κ1) is 33.1. The number of thiazole rings is 1. The molecule has 0 spiro atoms. The van der Waals surface area contributed by atoms with Gasteiger partial charge in [-0.15, -0.1) is 0 Å². The molecule has 0 saturated carbocycles. The predicted molar refractivity (Wildman–Crippen MR) is 188 cm³/mol. The Morgan fingerprint density at radius 1 is 1.13 bits per heavy atom. The molecule has 1 atom stereocenters. The second-order valence-corrected chi connectivity index (χ2v) is 13.4. The summed E-state index contributed by atoms with van der Waals surface area (Å²) in [6.45, 7) is 3.95. The van der Waals surface area contributed by atoms with E-state index in [2.05, 4.69) is 27.6 Å². The van der Waals surface area contributed by atoms with Crippen molar-refractivity contribution in [3.05, 3.63) is 116 Å². The molecular weight excluding hydrogens is 748 g/mol. The summed E-state index contributed by atoms with van der Waals surface area (Å²) in [4.78, 5) is 34.4. The van der Waals surface area contributed by atoms with E-state index in [1.807, 2.05) is 61.5 Å². The van der Waals surface area contributed by atoms with Crippen molar-refractivity contribution >= 4 is 74.9 Å². The lowest BCUT2D eigenvalue weighted by Crippen LogP contribution is -2.39. The molecule has 0 radical (unpaired) electrons. The van der Waals surface area contributed by atoms with E-state index in [1.54, 1.807) is 43.7 Å². The molecule has 2 heterocycles. The summed E-state index contributed by atoms with van der Waals surface area (Å²) >= 11 is 15.8. The summed E-state index contributed by atoms with van der Waals surface area (Å²) in [5, 5.41) is 1.06. The van der Waals surface area contributed by atoms with Gasteiger partial charge in [-0.2, -0.15) is 0 Å². The number of carbonyl (C=O) groups is 1. The second kappa shape index (κ2) is 14.0. The molecule has 1 aromatic heterocycles. The van der Waals surface area contributed by atoms with E-state index in [4.69, 9.17) is 37.4 Å². The Labute approximate surface area is 288 Å². The average Bonchev–Trinajstić information content (AvgIpc) is 3.30. The lowest BCUT2D eigenvalue weighted by molar-refractivity contribution is -0.139. The topological polar surface area (TPSA) is 82.4 Å². The number of hydrogen-bond acceptors (Lipinski definition) is 8. The first-order valence-corrected chi connectivity index (χ1v) is 16.6. The Balaban J connectivity index is 1.57. The molecule has 0 aliphatic carbocycles. The van der Waals surface area contributed by atoms with E-state index >= 15 is 0 Å². The van der Waals surface area contributed by atoms with Crippen LogP contribution in [-0.2, 0) is 16.1 Å². The van der Waals surface area contributed by atoms with Gasteiger partial charge in [0.15, 0.2) is 16.3 Å². The van der Waals surface area contributed by atoms with E-state index in [-0.39, 0.29) is 18.8 Å². The zero-order valence-electron chi connectivity index (χ0n) is 25.2. The molecule has 0 bridgehead atoms. The molecule has 234 valence electrons. The molecule has 0 saturated heterocycles. The Morgan fingerprint density at radius 3 is 2.51 bits per heavy atom. The summed E-state index contributed by atoms with van der Waals surface area (Å²) in [6.07, 6.45) is 1.80. The third-order valence-electron chi connectivity index (χ3n) is 7.18. The maximum absolute atomic E-state index is 14.1. The molecule has 4 aromatic rings. The molecule has 1 aliphatic rings. The van der Waals surface area contributed by atoms with Gasteiger partial charge in [0, 0.05) is 35.4 Å². The van der Waals surface area contributed by atoms with Crippen LogP contribution in [0.15, 0.2) is 75.7 Å². The van der Waals surface area contributed by atoms with E-state index in [9.17, 15) is 9.59 Å². The standard InChI is InChI=1S/C33H30Cl2IN3O5S/c1-6-43-32(41)28-18(2)37-33-39(29(28)20-8-11-23(12-9-20)38(3)4)31(40)27(45-33)15-19-13-25(36)30(26(14-19)42-5)44-17-21-7-10-22(34)16-24(21)35/h7-16,29H,6,17H2,1-5H3/b27-15+/t29-/m0/s1. The van der Waals surface area contributed by atoms with Crippen LogP contribution in [0.1, 0.15) is 36.6 Å². The minimum Gasteiger partial charge on any atom is -0.493 e. The van der Waals surface area contributed by atoms with Gasteiger partial charge in [0.05, 0.1) is 39.1 Å². The Hall–Kier alpha value is -3.32. The molecule has 5 rings (SSSR count). The lowest BCUT2D eigenvalue weighted by Gasteiger charge is -2.25. The van der Waals surface area contributed by atoms with E-state index in [0.29, 0.717) is 42.1 Å². The Bertz CT molecular complexity index is 1990. The zero-order chi connectivity index (χ0) is 32.4. The van der Waals surface area contributed by atoms with Gasteiger partial charge < -0.3 is 19.1 Å². The SMILES string of the molecule is CCOC(=O)C1=C(C)N=c2s/c(=C/c3cc(I)c(OCc4ccc(Cl)cc4Cl)c(OC)c3)c(=O)n2[C@H]1c1ccc(N(C)C)cc1. The summed E-state index contributed by atoms with van der Waals surface area (Å²) in [5.74, 6) is 0.563. The molecule has 0 fully saturated rings. The summed E-state index contributed by atoms with van der Waals surface area (Å²) in [7, 11) is 5.47. The lowest BCUT2D eigenvalue weighted by atomic mass is 9.95. The first-order chi connectivity index (χ1) is 21.5. The van der Waals surface area contributed by atoms with E-state index < -0.39 is 12.0 Å². The van der Waals surface area contributed by atoms with Crippen molar-refractivity contribution in [3.8, 4) is 11.5 Å². The monoisotopic (exact) mass is 777 g/mol. The van der Waals surface area contributed by atoms with Crippen LogP contribution in [-0.4, -0.2) is 38.3 Å². The van der Waals surface area contributed by atoms with Gasteiger partial charge in [0.2, 0.25) is 0 Å². The number of rotatable bonds is 9. The van der Waals surface area contributed by atoms with E-state index in [0.717, 1.165) is 25.9 Å². The number of carbonyl (C=O) groups excluding carboxylic acids is 1. The number of aromatic nitrogens is 1. The third kappa shape index (κ3) is 6.94. The summed E-state index contributed by atoms with van der Waals surface area (Å²) in [5.41, 5.74) is 3.90. The highest BCUT2D eigenvalue weighted by Crippen LogP contribution is 2.36. The fourth-order valence-electron chi connectivity index (χ4n) is 4.96. The molecule has 45 heavy (non-hydrogen) atoms. The van der Waals surface area contributed by atoms with Crippen LogP contribution < -0.4 is 29.3 Å². The number of esters is 1. The number of ether oxygens (including phenoxy) is 3. The van der Waals surface area contributed by atoms with Crippen molar-refractivity contribution in [3.63, 3.8) is 0 Å². The third-order valence-corrected chi connectivity index (χ3v) is 9.55. The van der Waals surface area contributed by atoms with Crippen molar-refractivity contribution in [1.82, 2.24) is 4.57 Å². The second-order valence-electron chi connectivity index (χ2n) is 10.3. The van der Waals surface area contributed by atoms with Crippen LogP contribution in [0, 0.1) is 3.57 Å². The maximum atomic E-state index is 14.1. The smallest absolute Gasteiger partial charge is 0.338 e. The van der Waals surface area contributed by atoms with Gasteiger partial charge in [-0.1, -0.05) is 52.7 Å². The van der Waals surface area contributed by atoms with Crippen LogP contribution in [0.3, 0.4) is 0 Å². The summed E-state index contributed by atoms with van der Waals surface area (Å²) in [6, 6.07) is 16.1. The molecule has 12 heteroatoms. The number of benzene rings is 3. The van der Waals surface area contributed by atoms with Crippen LogP contribution >= 0.6 is 57.1 Å². The highest BCUT2D eigenvalue weighted by atomic mass is 127. The zero-order valence-corrected chi connectivity index (χ0v) is 29.7. The highest BCUT2D eigenvalue weighted by molar-refractivity contribution is 14.1. The molecule has 1 aliphatic heterocycles. The van der Waals surface area contributed by atoms with Crippen molar-refractivity contribution in [2.24, 2.45) is 4.99 Å². The van der Waals surface area contributed by atoms with Gasteiger partial charge in [-0.25, -0.2) is 9.79 Å². The minimum atomic E-state index is -0.691. The number of hydrogen-bond donors (Lipinski definition) is 0. The predicted octanol–water partition coefficient (Wildman–Crippen LogP) is 6.36. The number of halogens is 3. The normalized spacial score (nSPS) is 14.6. The number of anilines is 1. The van der Waals surface area contributed by atoms with Crippen LogP contribution in [0.4, 0.5) is 5.69 Å². The summed E-state index contributed by atoms with van der Waals surface area (Å²) < 4.78 is 20.0. The molecule has 0 unspecified atom stereocenters. The first-order valence-electron chi connectivity index (χ1n) is 13.9. The molecular formula is C33H30Cl2IN3O5S. The molecule has 0 amide bonds. The Kier molecular flexibility index (Phi) is 10.3. The fourth-order valence-corrected chi connectivity index (χ4v) is 7.26. The molecule has 0 N–H and O–H groups in total. The number of allylic oxidation sites excluding steroid dienone is 1. The highest BCUT2D eigenvalue weighted by Gasteiger charge is 2.33. The fraction of sp³-hybridized carbons (Fsp3) is 0.242. The van der Waals surface area contributed by atoms with Gasteiger partial charge in [0.1, 0.15) is 6.61 Å². The number of fused-ring (bicyclic) bond motifs is 1. The number of nitrogens with zero attached hydrogens (tertiary/aromatic N) is 3. The minimum absolute atomic E-state index is 0.208. The average molecular weight is 778 g/mol. The number of methoxy groups -OCH3 is 1. The maximum Gasteiger partial charge on any atom is 0.338 e. The van der Waals surface area contributed by atoms with Crippen LogP contribution in [0.2, 0.25) is 10.0 Å². The Morgan fingerprint density at radius 2 is 1.87 bits per heavy atom. The van der Waals surface area contributed by atoms with Crippen LogP contribution in [0.25, 0.3) is 6.08 Å². The van der Waals surface area contributed by atoms with Gasteiger partial charge >= 0.3 is 5.97 Å². The van der Waals surface area contributed by atoms with Crippen molar-refractivity contribution in [1.29, 1.82) is 0 Å². The molecule has 8 nitrogen and oxygen atoms in total. The van der Waals surface area contributed by atoms with Gasteiger partial charge in [-0.3, -0.25) is 9.36 Å². The van der Waals surface area contributed by atoms with Crippen molar-refractivity contribution < 1.29 is 19.0 Å². The largest absolute Gasteiger partial charge is 0.493 e. The van der Waals surface area contributed by atoms with Crippen molar-refractivity contribution in [2.75, 3.05) is 32.7 Å². The quantitative estimate of drug-likeness (QED) is 0.145. The van der Waals surface area contributed by atoms with Gasteiger partial charge in [0.25, 0.3) is 5.56 Å².